The van der Waals surface area contributed by atoms with Crippen LogP contribution in [0.15, 0.2) is 54.6 Å². The molecule has 0 aliphatic heterocycles. The van der Waals surface area contributed by atoms with Crippen molar-refractivity contribution >= 4 is 11.6 Å². The lowest BCUT2D eigenvalue weighted by atomic mass is 10.3. The lowest BCUT2D eigenvalue weighted by Crippen LogP contribution is -2.32. The van der Waals surface area contributed by atoms with Crippen LogP contribution >= 0.6 is 0 Å². The molecule has 2 rings (SSSR count). The number of amides is 1. The molecule has 25 heavy (non-hydrogen) atoms. The highest BCUT2D eigenvalue weighted by molar-refractivity contribution is 5.92. The van der Waals surface area contributed by atoms with Crippen molar-refractivity contribution in [2.24, 2.45) is 0 Å². The average molecular weight is 352 g/mol. The third-order valence-corrected chi connectivity index (χ3v) is 3.31. The van der Waals surface area contributed by atoms with E-state index >= 15 is 0 Å². The second kappa shape index (κ2) is 8.53. The van der Waals surface area contributed by atoms with Gasteiger partial charge < -0.3 is 10.1 Å². The number of benzene rings is 2. The molecule has 134 valence electrons. The molecule has 7 heteroatoms. The van der Waals surface area contributed by atoms with Gasteiger partial charge in [0.15, 0.2) is 0 Å². The lowest BCUT2D eigenvalue weighted by Gasteiger charge is -2.17. The van der Waals surface area contributed by atoms with Crippen LogP contribution in [0, 0.1) is 0 Å². The molecular formula is C18H19F3N2O2. The van der Waals surface area contributed by atoms with Crippen molar-refractivity contribution in [3.05, 3.63) is 54.6 Å². The molecule has 0 heterocycles. The number of hydrogen-bond acceptors (Lipinski definition) is 3. The molecule has 1 amide bonds. The molecule has 0 saturated carbocycles. The van der Waals surface area contributed by atoms with Gasteiger partial charge in [-0.1, -0.05) is 18.2 Å². The van der Waals surface area contributed by atoms with Crippen LogP contribution in [-0.2, 0) is 4.79 Å². The van der Waals surface area contributed by atoms with Gasteiger partial charge in [0.25, 0.3) is 0 Å². The van der Waals surface area contributed by atoms with Gasteiger partial charge in [0, 0.05) is 12.2 Å². The highest BCUT2D eigenvalue weighted by atomic mass is 19.4. The molecule has 0 aliphatic carbocycles. The minimum absolute atomic E-state index is 0.113. The number of nitrogens with one attached hydrogen (secondary N) is 1. The maximum absolute atomic E-state index is 12.2. The van der Waals surface area contributed by atoms with Gasteiger partial charge in [-0.2, -0.15) is 13.2 Å². The van der Waals surface area contributed by atoms with Crippen molar-refractivity contribution in [2.45, 2.75) is 12.6 Å². The van der Waals surface area contributed by atoms with Gasteiger partial charge >= 0.3 is 6.18 Å². The second-order valence-corrected chi connectivity index (χ2v) is 5.59. The Labute approximate surface area is 144 Å². The summed E-state index contributed by atoms with van der Waals surface area (Å²) in [6.07, 6.45) is -5.17. The monoisotopic (exact) mass is 352 g/mol. The predicted octanol–water partition coefficient (Wildman–Crippen LogP) is 4.30. The van der Waals surface area contributed by atoms with Crippen molar-refractivity contribution < 1.29 is 22.7 Å². The van der Waals surface area contributed by atoms with Gasteiger partial charge in [-0.05, 0) is 43.4 Å². The molecule has 0 aliphatic rings. The van der Waals surface area contributed by atoms with Gasteiger partial charge in [0.1, 0.15) is 11.5 Å². The van der Waals surface area contributed by atoms with E-state index in [1.54, 1.807) is 24.3 Å². The normalized spacial score (nSPS) is 11.4. The molecule has 0 spiro atoms. The molecule has 0 radical (unpaired) electrons. The highest BCUT2D eigenvalue weighted by Gasteiger charge is 2.27. The first-order valence-corrected chi connectivity index (χ1v) is 7.70. The molecule has 0 bridgehead atoms. The lowest BCUT2D eigenvalue weighted by molar-refractivity contribution is -0.138. The quantitative estimate of drug-likeness (QED) is 0.808. The molecule has 4 nitrogen and oxygen atoms in total. The summed E-state index contributed by atoms with van der Waals surface area (Å²) in [5, 5.41) is 2.64. The fourth-order valence-electron chi connectivity index (χ4n) is 2.07. The molecule has 2 aromatic rings. The molecular weight excluding hydrogens is 333 g/mol. The molecule has 2 aromatic carbocycles. The Morgan fingerprint density at radius 3 is 2.24 bits per heavy atom. The minimum atomic E-state index is -4.22. The molecule has 1 N–H and O–H groups in total. The molecule has 0 fully saturated rings. The van der Waals surface area contributed by atoms with E-state index in [0.29, 0.717) is 17.2 Å². The number of likely N-dealkylation sites (N-methyl/N-ethyl adjacent to an activating group) is 1. The number of carbonyl (C=O) groups is 1. The van der Waals surface area contributed by atoms with Crippen molar-refractivity contribution in [1.29, 1.82) is 0 Å². The highest BCUT2D eigenvalue weighted by Crippen LogP contribution is 2.22. The Morgan fingerprint density at radius 1 is 1.04 bits per heavy atom. The molecule has 0 aromatic heterocycles. The summed E-state index contributed by atoms with van der Waals surface area (Å²) in [5.41, 5.74) is 0.551. The van der Waals surface area contributed by atoms with Crippen molar-refractivity contribution in [2.75, 3.05) is 25.5 Å². The van der Waals surface area contributed by atoms with Crippen LogP contribution in [-0.4, -0.2) is 37.1 Å². The standard InChI is InChI=1S/C18H19F3N2O2/c1-23(12-11-18(19,20)21)13-17(24)22-14-7-9-16(10-8-14)25-15-5-3-2-4-6-15/h2-10H,11-13H2,1H3,(H,22,24). The van der Waals surface area contributed by atoms with Crippen LogP contribution in [0.2, 0.25) is 0 Å². The van der Waals surface area contributed by atoms with Crippen LogP contribution in [0.1, 0.15) is 6.42 Å². The summed E-state index contributed by atoms with van der Waals surface area (Å²) in [7, 11) is 1.47. The SMILES string of the molecule is CN(CCC(F)(F)F)CC(=O)Nc1ccc(Oc2ccccc2)cc1. The Kier molecular flexibility index (Phi) is 6.41. The van der Waals surface area contributed by atoms with E-state index in [4.69, 9.17) is 4.74 Å². The van der Waals surface area contributed by atoms with Gasteiger partial charge in [-0.3, -0.25) is 9.69 Å². The van der Waals surface area contributed by atoms with Crippen molar-refractivity contribution in [1.82, 2.24) is 4.90 Å². The number of rotatable bonds is 7. The Balaban J connectivity index is 1.81. The van der Waals surface area contributed by atoms with Crippen molar-refractivity contribution in [3.63, 3.8) is 0 Å². The maximum Gasteiger partial charge on any atom is 0.390 e. The van der Waals surface area contributed by atoms with Gasteiger partial charge in [-0.25, -0.2) is 0 Å². The molecule has 0 unspecified atom stereocenters. The molecule has 0 atom stereocenters. The van der Waals surface area contributed by atoms with Crippen LogP contribution in [0.5, 0.6) is 11.5 Å². The fourth-order valence-corrected chi connectivity index (χ4v) is 2.07. The largest absolute Gasteiger partial charge is 0.457 e. The number of anilines is 1. The molecule has 0 saturated heterocycles. The smallest absolute Gasteiger partial charge is 0.390 e. The first-order chi connectivity index (χ1) is 11.8. The van der Waals surface area contributed by atoms with Gasteiger partial charge in [-0.15, -0.1) is 0 Å². The van der Waals surface area contributed by atoms with E-state index in [2.05, 4.69) is 5.32 Å². The number of para-hydroxylation sites is 1. The topological polar surface area (TPSA) is 41.6 Å². The number of hydrogen-bond donors (Lipinski definition) is 1. The number of nitrogens with zero attached hydrogens (tertiary/aromatic N) is 1. The summed E-state index contributed by atoms with van der Waals surface area (Å²) in [5.74, 6) is 0.943. The van der Waals surface area contributed by atoms with Gasteiger partial charge in [0.05, 0.1) is 13.0 Å². The zero-order valence-electron chi connectivity index (χ0n) is 13.7. The van der Waals surface area contributed by atoms with E-state index in [0.717, 1.165) is 0 Å². The van der Waals surface area contributed by atoms with E-state index in [1.165, 1.54) is 11.9 Å². The summed E-state index contributed by atoms with van der Waals surface area (Å²) < 4.78 is 42.1. The minimum Gasteiger partial charge on any atom is -0.457 e. The third kappa shape index (κ3) is 7.26. The summed E-state index contributed by atoms with van der Waals surface area (Å²) in [6, 6.07) is 16.0. The van der Waals surface area contributed by atoms with Crippen LogP contribution < -0.4 is 10.1 Å². The third-order valence-electron chi connectivity index (χ3n) is 3.31. The van der Waals surface area contributed by atoms with E-state index in [9.17, 15) is 18.0 Å². The first kappa shape index (κ1) is 18.8. The second-order valence-electron chi connectivity index (χ2n) is 5.59. The van der Waals surface area contributed by atoms with E-state index in [-0.39, 0.29) is 19.0 Å². The van der Waals surface area contributed by atoms with Crippen LogP contribution in [0.25, 0.3) is 0 Å². The number of ether oxygens (including phenoxy) is 1. The van der Waals surface area contributed by atoms with Crippen LogP contribution in [0.3, 0.4) is 0 Å². The summed E-state index contributed by atoms with van der Waals surface area (Å²) in [6.45, 7) is -0.334. The Hall–Kier alpha value is -2.54. The van der Waals surface area contributed by atoms with Crippen molar-refractivity contribution in [3.8, 4) is 11.5 Å². The summed E-state index contributed by atoms with van der Waals surface area (Å²) >= 11 is 0. The predicted molar refractivity (Wildman–Crippen MR) is 89.8 cm³/mol. The Morgan fingerprint density at radius 2 is 1.64 bits per heavy atom. The first-order valence-electron chi connectivity index (χ1n) is 7.70. The number of halogens is 3. The van der Waals surface area contributed by atoms with Gasteiger partial charge in [0.2, 0.25) is 5.91 Å². The fraction of sp³-hybridized carbons (Fsp3) is 0.278. The Bertz CT molecular complexity index is 673. The average Bonchev–Trinajstić information content (AvgIpc) is 2.55. The zero-order chi connectivity index (χ0) is 18.3. The van der Waals surface area contributed by atoms with E-state index in [1.807, 2.05) is 30.3 Å². The zero-order valence-corrected chi connectivity index (χ0v) is 13.7. The van der Waals surface area contributed by atoms with Crippen LogP contribution in [0.4, 0.5) is 18.9 Å². The maximum atomic E-state index is 12.2. The number of alkyl halides is 3. The number of carbonyl (C=O) groups excluding carboxylic acids is 1. The van der Waals surface area contributed by atoms with E-state index < -0.39 is 12.6 Å². The summed E-state index contributed by atoms with van der Waals surface area (Å²) in [4.78, 5) is 13.2.